The van der Waals surface area contributed by atoms with Gasteiger partial charge >= 0.3 is 0 Å². The van der Waals surface area contributed by atoms with Gasteiger partial charge in [-0.05, 0) is 51.2 Å². The minimum absolute atomic E-state index is 0.0824. The fraction of sp³-hybridized carbons (Fsp3) is 0.652. The van der Waals surface area contributed by atoms with E-state index < -0.39 is 6.10 Å². The van der Waals surface area contributed by atoms with Crippen molar-refractivity contribution in [2.45, 2.75) is 64.3 Å². The molecule has 2 aliphatic rings. The number of carbonyl (C=O) groups excluding carboxylic acids is 1. The van der Waals surface area contributed by atoms with Crippen molar-refractivity contribution >= 4 is 16.8 Å². The number of morpholine rings is 1. The van der Waals surface area contributed by atoms with Crippen molar-refractivity contribution in [1.29, 1.82) is 0 Å². The summed E-state index contributed by atoms with van der Waals surface area (Å²) < 4.78 is 13.1. The molecule has 2 aromatic rings. The highest BCUT2D eigenvalue weighted by Crippen LogP contribution is 2.37. The molecular formula is C23H34N4O3. The van der Waals surface area contributed by atoms with Crippen LogP contribution >= 0.6 is 0 Å². The lowest BCUT2D eigenvalue weighted by Gasteiger charge is -2.33. The summed E-state index contributed by atoms with van der Waals surface area (Å²) in [6, 6.07) is 6.70. The highest BCUT2D eigenvalue weighted by Gasteiger charge is 2.41. The van der Waals surface area contributed by atoms with Gasteiger partial charge in [-0.2, -0.15) is 5.10 Å². The zero-order valence-corrected chi connectivity index (χ0v) is 18.4. The SMILES string of the molecule is COCCCCn1nc([C@@H](C)N(C(=O)[C@H]2CNCCO2)C2CC2)c2ccc(C)cc21. The number of benzene rings is 1. The summed E-state index contributed by atoms with van der Waals surface area (Å²) in [7, 11) is 1.74. The molecule has 7 heteroatoms. The van der Waals surface area contributed by atoms with E-state index in [1.54, 1.807) is 7.11 Å². The van der Waals surface area contributed by atoms with Gasteiger partial charge in [-0.3, -0.25) is 9.48 Å². The number of methoxy groups -OCH3 is 1. The summed E-state index contributed by atoms with van der Waals surface area (Å²) in [4.78, 5) is 15.4. The summed E-state index contributed by atoms with van der Waals surface area (Å²) in [5, 5.41) is 9.43. The van der Waals surface area contributed by atoms with E-state index in [0.29, 0.717) is 19.2 Å². The molecular weight excluding hydrogens is 380 g/mol. The van der Waals surface area contributed by atoms with Crippen LogP contribution in [-0.2, 0) is 20.8 Å². The Kier molecular flexibility index (Phi) is 6.71. The van der Waals surface area contributed by atoms with Crippen molar-refractivity contribution in [1.82, 2.24) is 20.0 Å². The Balaban J connectivity index is 1.62. The van der Waals surface area contributed by atoms with Crippen LogP contribution < -0.4 is 5.32 Å². The molecule has 2 fully saturated rings. The van der Waals surface area contributed by atoms with Gasteiger partial charge in [0.1, 0.15) is 6.10 Å². The van der Waals surface area contributed by atoms with Gasteiger partial charge in [-0.1, -0.05) is 12.1 Å². The Hall–Kier alpha value is -1.96. The summed E-state index contributed by atoms with van der Waals surface area (Å²) in [6.07, 6.45) is 3.74. The Bertz CT molecular complexity index is 871. The lowest BCUT2D eigenvalue weighted by Crippen LogP contribution is -2.50. The maximum atomic E-state index is 13.3. The van der Waals surface area contributed by atoms with Crippen molar-refractivity contribution < 1.29 is 14.3 Å². The van der Waals surface area contributed by atoms with Crippen molar-refractivity contribution in [3.05, 3.63) is 29.5 Å². The second-order valence-electron chi connectivity index (χ2n) is 8.55. The first-order valence-electron chi connectivity index (χ1n) is 11.2. The molecule has 0 spiro atoms. The summed E-state index contributed by atoms with van der Waals surface area (Å²) in [5.41, 5.74) is 3.35. The summed E-state index contributed by atoms with van der Waals surface area (Å²) in [6.45, 7) is 7.82. The van der Waals surface area contributed by atoms with E-state index in [4.69, 9.17) is 14.6 Å². The number of nitrogens with zero attached hydrogens (tertiary/aromatic N) is 3. The zero-order valence-electron chi connectivity index (χ0n) is 18.4. The fourth-order valence-corrected chi connectivity index (χ4v) is 4.36. The monoisotopic (exact) mass is 414 g/mol. The Labute approximate surface area is 178 Å². The fourth-order valence-electron chi connectivity index (χ4n) is 4.36. The van der Waals surface area contributed by atoms with Crippen molar-refractivity contribution in [3.63, 3.8) is 0 Å². The molecule has 1 saturated carbocycles. The number of aromatic nitrogens is 2. The molecule has 1 aromatic carbocycles. The van der Waals surface area contributed by atoms with E-state index in [0.717, 1.165) is 62.0 Å². The average molecular weight is 415 g/mol. The molecule has 164 valence electrons. The molecule has 1 aliphatic heterocycles. The van der Waals surface area contributed by atoms with E-state index in [9.17, 15) is 4.79 Å². The van der Waals surface area contributed by atoms with E-state index in [1.165, 1.54) is 5.56 Å². The predicted octanol–water partition coefficient (Wildman–Crippen LogP) is 2.81. The van der Waals surface area contributed by atoms with Crippen molar-refractivity contribution in [3.8, 4) is 0 Å². The number of ether oxygens (including phenoxy) is 2. The molecule has 1 saturated heterocycles. The van der Waals surface area contributed by atoms with Gasteiger partial charge < -0.3 is 19.7 Å². The Morgan fingerprint density at radius 3 is 2.93 bits per heavy atom. The molecule has 1 aromatic heterocycles. The van der Waals surface area contributed by atoms with Gasteiger partial charge in [0.05, 0.1) is 23.9 Å². The van der Waals surface area contributed by atoms with Crippen LogP contribution in [0.15, 0.2) is 18.2 Å². The molecule has 2 atom stereocenters. The third kappa shape index (κ3) is 4.53. The number of amides is 1. The second kappa shape index (κ2) is 9.45. The number of nitrogens with one attached hydrogen (secondary N) is 1. The Morgan fingerprint density at radius 2 is 2.23 bits per heavy atom. The smallest absolute Gasteiger partial charge is 0.253 e. The van der Waals surface area contributed by atoms with E-state index >= 15 is 0 Å². The third-order valence-electron chi connectivity index (χ3n) is 6.11. The molecule has 1 N–H and O–H groups in total. The minimum atomic E-state index is -0.397. The highest BCUT2D eigenvalue weighted by atomic mass is 16.5. The van der Waals surface area contributed by atoms with Crippen LogP contribution in [0, 0.1) is 6.92 Å². The predicted molar refractivity (Wildman–Crippen MR) is 116 cm³/mol. The second-order valence-corrected chi connectivity index (χ2v) is 8.55. The van der Waals surface area contributed by atoms with Gasteiger partial charge in [0.2, 0.25) is 0 Å². The molecule has 1 aliphatic carbocycles. The van der Waals surface area contributed by atoms with Gasteiger partial charge in [-0.15, -0.1) is 0 Å². The van der Waals surface area contributed by atoms with Gasteiger partial charge in [0.25, 0.3) is 5.91 Å². The maximum absolute atomic E-state index is 13.3. The Morgan fingerprint density at radius 1 is 1.40 bits per heavy atom. The molecule has 30 heavy (non-hydrogen) atoms. The summed E-state index contributed by atoms with van der Waals surface area (Å²) in [5.74, 6) is 0.0899. The highest BCUT2D eigenvalue weighted by molar-refractivity contribution is 5.86. The first-order valence-corrected chi connectivity index (χ1v) is 11.2. The molecule has 2 heterocycles. The van der Waals surface area contributed by atoms with Crippen LogP contribution in [0.25, 0.3) is 10.9 Å². The van der Waals surface area contributed by atoms with Crippen LogP contribution in [-0.4, -0.2) is 66.1 Å². The van der Waals surface area contributed by atoms with Gasteiger partial charge in [-0.25, -0.2) is 0 Å². The topological polar surface area (TPSA) is 68.6 Å². The van der Waals surface area contributed by atoms with E-state index in [-0.39, 0.29) is 11.9 Å². The summed E-state index contributed by atoms with van der Waals surface area (Å²) >= 11 is 0. The molecule has 0 radical (unpaired) electrons. The van der Waals surface area contributed by atoms with Crippen LogP contribution in [0.4, 0.5) is 0 Å². The first-order chi connectivity index (χ1) is 14.6. The average Bonchev–Trinajstić information content (AvgIpc) is 3.53. The largest absolute Gasteiger partial charge is 0.385 e. The van der Waals surface area contributed by atoms with E-state index in [1.807, 2.05) is 4.90 Å². The molecule has 0 bridgehead atoms. The molecule has 4 rings (SSSR count). The standard InChI is InChI=1S/C23H34N4O3/c1-16-6-9-19-20(14-16)26(11-4-5-12-29-3)25-22(19)17(2)27(18-7-8-18)23(28)21-15-24-10-13-30-21/h6,9,14,17-18,21,24H,4-5,7-8,10-13,15H2,1-3H3/t17-,21-/m1/s1. The quantitative estimate of drug-likeness (QED) is 0.639. The van der Waals surface area contributed by atoms with Crippen LogP contribution in [0.5, 0.6) is 0 Å². The molecule has 0 unspecified atom stereocenters. The number of rotatable bonds is 9. The number of hydrogen-bond donors (Lipinski definition) is 1. The lowest BCUT2D eigenvalue weighted by molar-refractivity contribution is -0.148. The lowest BCUT2D eigenvalue weighted by atomic mass is 10.1. The van der Waals surface area contributed by atoms with E-state index in [2.05, 4.69) is 42.0 Å². The van der Waals surface area contributed by atoms with Gasteiger partial charge in [0, 0.05) is 44.8 Å². The number of carbonyl (C=O) groups is 1. The minimum Gasteiger partial charge on any atom is -0.385 e. The number of unbranched alkanes of at least 4 members (excludes halogenated alkanes) is 1. The van der Waals surface area contributed by atoms with Gasteiger partial charge in [0.15, 0.2) is 0 Å². The van der Waals surface area contributed by atoms with Crippen LogP contribution in [0.1, 0.15) is 49.9 Å². The third-order valence-corrected chi connectivity index (χ3v) is 6.11. The first kappa shape index (κ1) is 21.3. The maximum Gasteiger partial charge on any atom is 0.253 e. The molecule has 7 nitrogen and oxygen atoms in total. The molecule has 1 amide bonds. The number of fused-ring (bicyclic) bond motifs is 1. The number of aryl methyl sites for hydroxylation is 2. The van der Waals surface area contributed by atoms with Crippen molar-refractivity contribution in [2.24, 2.45) is 0 Å². The number of hydrogen-bond acceptors (Lipinski definition) is 5. The normalized spacial score (nSPS) is 20.4. The van der Waals surface area contributed by atoms with Crippen LogP contribution in [0.2, 0.25) is 0 Å². The zero-order chi connectivity index (χ0) is 21.1. The van der Waals surface area contributed by atoms with Crippen LogP contribution in [0.3, 0.4) is 0 Å². The van der Waals surface area contributed by atoms with Crippen molar-refractivity contribution in [2.75, 3.05) is 33.4 Å².